The minimum Gasteiger partial charge on any atom is -0.307 e. The molecule has 1 heterocycles. The zero-order valence-corrected chi connectivity index (χ0v) is 15.4. The molecule has 0 atom stereocenters. The van der Waals surface area contributed by atoms with Crippen LogP contribution in [0.5, 0.6) is 0 Å². The Bertz CT molecular complexity index is 877. The highest BCUT2D eigenvalue weighted by Gasteiger charge is 2.13. The molecule has 3 aromatic rings. The molecule has 0 radical (unpaired) electrons. The fourth-order valence-corrected chi connectivity index (χ4v) is 3.07. The predicted molar refractivity (Wildman–Crippen MR) is 106 cm³/mol. The highest BCUT2D eigenvalue weighted by molar-refractivity contribution is 6.00. The van der Waals surface area contributed by atoms with Crippen molar-refractivity contribution in [2.75, 3.05) is 10.6 Å². The Hall–Kier alpha value is -3.08. The molecule has 5 heteroatoms. The van der Waals surface area contributed by atoms with Crippen LogP contribution < -0.4 is 10.6 Å². The number of hydrogen-bond donors (Lipinski definition) is 2. The summed E-state index contributed by atoms with van der Waals surface area (Å²) in [6.45, 7) is 4.17. The quantitative estimate of drug-likeness (QED) is 0.692. The van der Waals surface area contributed by atoms with Crippen LogP contribution in [0.4, 0.5) is 16.3 Å². The molecule has 26 heavy (non-hydrogen) atoms. The lowest BCUT2D eigenvalue weighted by Crippen LogP contribution is -2.21. The molecule has 1 aromatic heterocycles. The Kier molecular flexibility index (Phi) is 5.37. The molecule has 0 aliphatic heterocycles. The number of aryl methyl sites for hydroxylation is 3. The van der Waals surface area contributed by atoms with Crippen LogP contribution in [0.15, 0.2) is 54.6 Å². The second-order valence-electron chi connectivity index (χ2n) is 6.14. The van der Waals surface area contributed by atoms with Gasteiger partial charge in [0.1, 0.15) is 0 Å². The maximum atomic E-state index is 12.5. The van der Waals surface area contributed by atoms with Gasteiger partial charge in [0.25, 0.3) is 0 Å². The summed E-state index contributed by atoms with van der Waals surface area (Å²) in [6, 6.07) is 17.7. The smallest absolute Gasteiger partial charge is 0.307 e. The van der Waals surface area contributed by atoms with Gasteiger partial charge in [-0.05, 0) is 29.5 Å². The van der Waals surface area contributed by atoms with Gasteiger partial charge in [-0.2, -0.15) is 5.10 Å². The molecular weight excluding hydrogens is 324 g/mol. The van der Waals surface area contributed by atoms with Crippen molar-refractivity contribution < 1.29 is 4.79 Å². The number of carbonyl (C=O) groups is 1. The van der Waals surface area contributed by atoms with Crippen LogP contribution in [0.2, 0.25) is 0 Å². The molecular formula is C21H24N4O. The van der Waals surface area contributed by atoms with E-state index in [9.17, 15) is 4.79 Å². The third-order valence-electron chi connectivity index (χ3n) is 4.43. The Morgan fingerprint density at radius 1 is 0.962 bits per heavy atom. The fraction of sp³-hybridized carbons (Fsp3) is 0.238. The molecule has 0 fully saturated rings. The normalized spacial score (nSPS) is 10.6. The summed E-state index contributed by atoms with van der Waals surface area (Å²) in [5, 5.41) is 10.2. The molecule has 0 bridgehead atoms. The maximum Gasteiger partial charge on any atom is 0.324 e. The largest absolute Gasteiger partial charge is 0.324 e. The third-order valence-corrected chi connectivity index (χ3v) is 4.43. The van der Waals surface area contributed by atoms with E-state index in [2.05, 4.69) is 29.6 Å². The van der Waals surface area contributed by atoms with Crippen LogP contribution in [0.1, 0.15) is 25.0 Å². The summed E-state index contributed by atoms with van der Waals surface area (Å²) in [7, 11) is 1.87. The van der Waals surface area contributed by atoms with Gasteiger partial charge < -0.3 is 5.32 Å². The van der Waals surface area contributed by atoms with Crippen LogP contribution >= 0.6 is 0 Å². The van der Waals surface area contributed by atoms with Gasteiger partial charge in [0, 0.05) is 18.8 Å². The molecule has 3 rings (SSSR count). The van der Waals surface area contributed by atoms with E-state index in [4.69, 9.17) is 0 Å². The predicted octanol–water partition coefficient (Wildman–Crippen LogP) is 4.86. The lowest BCUT2D eigenvalue weighted by Gasteiger charge is -2.14. The SMILES string of the molecule is CCc1cccc(CC)c1NC(=O)Nc1cc(-c2ccccc2)n(C)n1. The Morgan fingerprint density at radius 2 is 1.62 bits per heavy atom. The minimum atomic E-state index is -0.279. The molecule has 0 saturated carbocycles. The number of hydrogen-bond acceptors (Lipinski definition) is 2. The molecule has 0 aliphatic rings. The van der Waals surface area contributed by atoms with E-state index in [1.54, 1.807) is 4.68 Å². The summed E-state index contributed by atoms with van der Waals surface area (Å²) >= 11 is 0. The number of rotatable bonds is 5. The van der Waals surface area contributed by atoms with Crippen molar-refractivity contribution in [2.45, 2.75) is 26.7 Å². The van der Waals surface area contributed by atoms with Crippen molar-refractivity contribution in [3.63, 3.8) is 0 Å². The minimum absolute atomic E-state index is 0.279. The van der Waals surface area contributed by atoms with E-state index in [-0.39, 0.29) is 6.03 Å². The number of nitrogens with zero attached hydrogens (tertiary/aromatic N) is 2. The van der Waals surface area contributed by atoms with Gasteiger partial charge >= 0.3 is 6.03 Å². The molecule has 2 aromatic carbocycles. The van der Waals surface area contributed by atoms with Crippen LogP contribution in [-0.4, -0.2) is 15.8 Å². The number of nitrogens with one attached hydrogen (secondary N) is 2. The first-order valence-corrected chi connectivity index (χ1v) is 8.90. The summed E-state index contributed by atoms with van der Waals surface area (Å²) in [5.41, 5.74) is 5.16. The van der Waals surface area contributed by atoms with Gasteiger partial charge in [-0.3, -0.25) is 10.00 Å². The van der Waals surface area contributed by atoms with Gasteiger partial charge in [-0.1, -0.05) is 62.4 Å². The van der Waals surface area contributed by atoms with Gasteiger partial charge in [0.05, 0.1) is 5.69 Å². The van der Waals surface area contributed by atoms with E-state index < -0.39 is 0 Å². The van der Waals surface area contributed by atoms with Gasteiger partial charge in [0.15, 0.2) is 5.82 Å². The van der Waals surface area contributed by atoms with E-state index in [1.165, 1.54) is 0 Å². The Labute approximate surface area is 154 Å². The van der Waals surface area contributed by atoms with E-state index in [0.29, 0.717) is 5.82 Å². The standard InChI is InChI=1S/C21H24N4O/c1-4-15-12-9-13-16(5-2)20(15)23-21(26)22-19-14-18(25(3)24-19)17-10-7-6-8-11-17/h6-14H,4-5H2,1-3H3,(H2,22,23,24,26). The average Bonchev–Trinajstić information content (AvgIpc) is 3.02. The van der Waals surface area contributed by atoms with E-state index >= 15 is 0 Å². The molecule has 134 valence electrons. The van der Waals surface area contributed by atoms with Crippen molar-refractivity contribution in [1.82, 2.24) is 9.78 Å². The van der Waals surface area contributed by atoms with Crippen molar-refractivity contribution in [2.24, 2.45) is 7.05 Å². The molecule has 5 nitrogen and oxygen atoms in total. The topological polar surface area (TPSA) is 59.0 Å². The van der Waals surface area contributed by atoms with E-state index in [0.717, 1.165) is 40.9 Å². The number of amides is 2. The first-order valence-electron chi connectivity index (χ1n) is 8.90. The monoisotopic (exact) mass is 348 g/mol. The molecule has 0 spiro atoms. The molecule has 0 saturated heterocycles. The molecule has 2 N–H and O–H groups in total. The van der Waals surface area contributed by atoms with Crippen LogP contribution in [0.25, 0.3) is 11.3 Å². The summed E-state index contributed by atoms with van der Waals surface area (Å²) in [6.07, 6.45) is 1.73. The highest BCUT2D eigenvalue weighted by atomic mass is 16.2. The molecule has 2 amide bonds. The zero-order chi connectivity index (χ0) is 18.5. The summed E-state index contributed by atoms with van der Waals surface area (Å²) in [5.74, 6) is 0.524. The Morgan fingerprint density at radius 3 is 2.23 bits per heavy atom. The lowest BCUT2D eigenvalue weighted by molar-refractivity contribution is 0.262. The molecule has 0 aliphatic carbocycles. The zero-order valence-electron chi connectivity index (χ0n) is 15.4. The van der Waals surface area contributed by atoms with Crippen molar-refractivity contribution in [3.8, 4) is 11.3 Å². The van der Waals surface area contributed by atoms with Gasteiger partial charge in [0.2, 0.25) is 0 Å². The van der Waals surface area contributed by atoms with Crippen LogP contribution in [0, 0.1) is 0 Å². The van der Waals surface area contributed by atoms with Crippen LogP contribution in [-0.2, 0) is 19.9 Å². The number of anilines is 2. The summed E-state index contributed by atoms with van der Waals surface area (Å²) in [4.78, 5) is 12.5. The lowest BCUT2D eigenvalue weighted by atomic mass is 10.0. The first kappa shape index (κ1) is 17.7. The van der Waals surface area contributed by atoms with Crippen LogP contribution in [0.3, 0.4) is 0 Å². The number of urea groups is 1. The highest BCUT2D eigenvalue weighted by Crippen LogP contribution is 2.24. The second kappa shape index (κ2) is 7.87. The Balaban J connectivity index is 1.78. The average molecular weight is 348 g/mol. The van der Waals surface area contributed by atoms with Gasteiger partial charge in [-0.15, -0.1) is 0 Å². The van der Waals surface area contributed by atoms with Crippen molar-refractivity contribution in [3.05, 3.63) is 65.7 Å². The third kappa shape index (κ3) is 3.77. The second-order valence-corrected chi connectivity index (χ2v) is 6.14. The van der Waals surface area contributed by atoms with E-state index in [1.807, 2.05) is 61.6 Å². The first-order chi connectivity index (χ1) is 12.6. The van der Waals surface area contributed by atoms with Gasteiger partial charge in [-0.25, -0.2) is 4.79 Å². The number of aromatic nitrogens is 2. The summed E-state index contributed by atoms with van der Waals surface area (Å²) < 4.78 is 1.77. The number of benzene rings is 2. The fourth-order valence-electron chi connectivity index (χ4n) is 3.07. The van der Waals surface area contributed by atoms with Crippen molar-refractivity contribution >= 4 is 17.5 Å². The number of carbonyl (C=O) groups excluding carboxylic acids is 1. The maximum absolute atomic E-state index is 12.5. The number of para-hydroxylation sites is 1. The van der Waals surface area contributed by atoms with Crippen molar-refractivity contribution in [1.29, 1.82) is 0 Å². The molecule has 0 unspecified atom stereocenters.